The van der Waals surface area contributed by atoms with Crippen molar-refractivity contribution in [1.82, 2.24) is 19.1 Å². The van der Waals surface area contributed by atoms with Crippen molar-refractivity contribution >= 4 is 23.2 Å². The molecule has 0 N–H and O–H groups in total. The summed E-state index contributed by atoms with van der Waals surface area (Å²) in [6.07, 6.45) is -0.246. The predicted octanol–water partition coefficient (Wildman–Crippen LogP) is 17.4. The van der Waals surface area contributed by atoms with Crippen LogP contribution in [0.15, 0.2) is 231 Å². The molecule has 0 saturated carbocycles. The molecule has 2 unspecified atom stereocenters. The lowest BCUT2D eigenvalue weighted by atomic mass is 9.76. The van der Waals surface area contributed by atoms with Gasteiger partial charge in [0.25, 0.3) is 0 Å². The van der Waals surface area contributed by atoms with Gasteiger partial charge in [0.05, 0.1) is 71.6 Å². The summed E-state index contributed by atoms with van der Waals surface area (Å²) in [5, 5.41) is -0.596. The molecule has 0 spiro atoms. The van der Waals surface area contributed by atoms with Gasteiger partial charge in [-0.1, -0.05) is 229 Å². The number of imidazole rings is 2. The molecule has 6 nitrogen and oxygen atoms in total. The Kier molecular flexibility index (Phi) is 17.4. The minimum absolute atomic E-state index is 0.0212. The van der Waals surface area contributed by atoms with Crippen LogP contribution in [0.3, 0.4) is 0 Å². The summed E-state index contributed by atoms with van der Waals surface area (Å²) in [5.74, 6) is 0.377. The van der Waals surface area contributed by atoms with Crippen LogP contribution in [0.25, 0.3) is 0 Å². The first-order valence-electron chi connectivity index (χ1n) is 28.1. The summed E-state index contributed by atoms with van der Waals surface area (Å²) < 4.78 is 96.3. The second-order valence-corrected chi connectivity index (χ2v) is 22.2. The lowest BCUT2D eigenvalue weighted by Gasteiger charge is -2.39. The minimum Gasteiger partial charge on any atom is -0.376 e. The molecule has 12 rings (SSSR count). The predicted molar refractivity (Wildman–Crippen MR) is 317 cm³/mol. The van der Waals surface area contributed by atoms with Crippen molar-refractivity contribution in [2.75, 3.05) is 13.2 Å². The molecule has 8 aromatic carbocycles. The van der Waals surface area contributed by atoms with Gasteiger partial charge in [0.1, 0.15) is 11.1 Å². The van der Waals surface area contributed by atoms with Crippen molar-refractivity contribution in [1.29, 1.82) is 0 Å². The topological polar surface area (TPSA) is 54.1 Å². The second kappa shape index (κ2) is 25.2. The second-order valence-electron chi connectivity index (χ2n) is 21.4. The molecule has 2 atom stereocenters. The van der Waals surface area contributed by atoms with Crippen LogP contribution in [0.2, 0.25) is 10.0 Å². The molecule has 0 aliphatic heterocycles. The molecule has 2 aromatic heterocycles. The Morgan fingerprint density at radius 3 is 1.10 bits per heavy atom. The molecule has 10 aromatic rings. The van der Waals surface area contributed by atoms with Gasteiger partial charge in [-0.2, -0.15) is 26.3 Å². The van der Waals surface area contributed by atoms with Crippen LogP contribution in [0.1, 0.15) is 91.3 Å². The normalized spacial score (nSPS) is 15.4. The van der Waals surface area contributed by atoms with E-state index < -0.39 is 34.6 Å². The largest absolute Gasteiger partial charge is 0.417 e. The van der Waals surface area contributed by atoms with Crippen molar-refractivity contribution in [2.45, 2.75) is 75.2 Å². The molecule has 2 heterocycles. The maximum atomic E-state index is 13.3. The number of fused-ring (bicyclic) bond motifs is 2. The van der Waals surface area contributed by atoms with Gasteiger partial charge >= 0.3 is 12.4 Å². The van der Waals surface area contributed by atoms with Crippen LogP contribution in [0, 0.1) is 11.8 Å². The number of benzene rings is 8. The zero-order valence-corrected chi connectivity index (χ0v) is 47.3. The number of aryl methyl sites for hydroxylation is 1. The third-order valence-corrected chi connectivity index (χ3v) is 17.2. The lowest BCUT2D eigenvalue weighted by molar-refractivity contribution is -0.138. The van der Waals surface area contributed by atoms with Gasteiger partial charge in [0, 0.05) is 11.4 Å². The summed E-state index contributed by atoms with van der Waals surface area (Å²) in [6, 6.07) is 70.9. The first-order chi connectivity index (χ1) is 40.8. The molecular formula is C70H60Cl2F6N4O2. The summed E-state index contributed by atoms with van der Waals surface area (Å²) in [4.78, 5) is 9.83. The van der Waals surface area contributed by atoms with Crippen molar-refractivity contribution in [3.8, 4) is 0 Å². The molecule has 84 heavy (non-hydrogen) atoms. The highest BCUT2D eigenvalue weighted by atomic mass is 35.5. The molecule has 2 aliphatic rings. The number of halogens is 8. The Bertz CT molecular complexity index is 3580. The average molecular weight is 1170 g/mol. The molecule has 14 heteroatoms. The third kappa shape index (κ3) is 11.7. The van der Waals surface area contributed by atoms with E-state index in [0.717, 1.165) is 101 Å². The molecule has 428 valence electrons. The number of hydrogen-bond acceptors (Lipinski definition) is 4. The van der Waals surface area contributed by atoms with Crippen LogP contribution in [-0.2, 0) is 71.8 Å². The van der Waals surface area contributed by atoms with Crippen LogP contribution in [0.4, 0.5) is 26.3 Å². The number of hydrogen-bond donors (Lipinski definition) is 0. The van der Waals surface area contributed by atoms with Crippen LogP contribution in [0.5, 0.6) is 0 Å². The minimum atomic E-state index is -4.51. The van der Waals surface area contributed by atoms with Crippen molar-refractivity contribution < 1.29 is 35.8 Å². The Morgan fingerprint density at radius 1 is 0.393 bits per heavy atom. The number of rotatable bonds is 16. The van der Waals surface area contributed by atoms with Crippen LogP contribution < -0.4 is 0 Å². The van der Waals surface area contributed by atoms with E-state index in [1.165, 1.54) is 17.8 Å². The Hall–Kier alpha value is -7.74. The molecular weight excluding hydrogens is 1110 g/mol. The SMILES string of the molecule is FC(F)(F)c1cccc(COCC2CCc3c(ncn3C(c3ccccc3)(c3ccccc3)c3ccccc3)C2)c1Cl.FC(F)(F)c1cccc(COCC2CCc3ncn(C(c4ccccc4)(c4ccccc4)c4ccccc4)c3C2)c1Cl. The van der Waals surface area contributed by atoms with E-state index in [-0.39, 0.29) is 35.1 Å². The fraction of sp³-hybridized carbons (Fsp3) is 0.229. The highest BCUT2D eigenvalue weighted by molar-refractivity contribution is 6.32. The van der Waals surface area contributed by atoms with Crippen LogP contribution >= 0.6 is 23.2 Å². The maximum absolute atomic E-state index is 13.3. The first kappa shape index (κ1) is 58.1. The maximum Gasteiger partial charge on any atom is 0.417 e. The summed E-state index contributed by atoms with van der Waals surface area (Å²) in [5.41, 5.74) is 8.96. The third-order valence-electron chi connectivity index (χ3n) is 16.3. The summed E-state index contributed by atoms with van der Waals surface area (Å²) in [7, 11) is 0. The fourth-order valence-electron chi connectivity index (χ4n) is 12.4. The highest BCUT2D eigenvalue weighted by Crippen LogP contribution is 2.46. The Labute approximate surface area is 495 Å². The van der Waals surface area contributed by atoms with Gasteiger partial charge < -0.3 is 18.6 Å². The number of ether oxygens (including phenoxy) is 2. The van der Waals surface area contributed by atoms with Crippen LogP contribution in [-0.4, -0.2) is 32.3 Å². The monoisotopic (exact) mass is 1170 g/mol. The smallest absolute Gasteiger partial charge is 0.376 e. The number of alkyl halides is 6. The van der Waals surface area contributed by atoms with E-state index >= 15 is 0 Å². The molecule has 2 aliphatic carbocycles. The van der Waals surface area contributed by atoms with Crippen molar-refractivity contribution in [3.05, 3.63) is 319 Å². The van der Waals surface area contributed by atoms with E-state index in [4.69, 9.17) is 42.6 Å². The Balaban J connectivity index is 0.000000175. The van der Waals surface area contributed by atoms with Gasteiger partial charge in [-0.3, -0.25) is 0 Å². The van der Waals surface area contributed by atoms with Gasteiger partial charge in [0.15, 0.2) is 0 Å². The summed E-state index contributed by atoms with van der Waals surface area (Å²) >= 11 is 12.2. The first-order valence-corrected chi connectivity index (χ1v) is 28.8. The van der Waals surface area contributed by atoms with Gasteiger partial charge in [-0.15, -0.1) is 0 Å². The lowest BCUT2D eigenvalue weighted by Crippen LogP contribution is -2.39. The van der Waals surface area contributed by atoms with E-state index in [2.05, 4.69) is 155 Å². The fourth-order valence-corrected chi connectivity index (χ4v) is 13.0. The summed E-state index contributed by atoms with van der Waals surface area (Å²) in [6.45, 7) is 0.874. The highest BCUT2D eigenvalue weighted by Gasteiger charge is 2.43. The zero-order valence-electron chi connectivity index (χ0n) is 45.8. The van der Waals surface area contributed by atoms with Crippen molar-refractivity contribution in [2.24, 2.45) is 11.8 Å². The van der Waals surface area contributed by atoms with E-state index in [1.807, 2.05) is 49.1 Å². The molecule has 0 radical (unpaired) electrons. The molecule has 0 bridgehead atoms. The molecule has 0 saturated heterocycles. The number of nitrogens with zero attached hydrogens (tertiary/aromatic N) is 4. The standard InChI is InChI=1S/2C35H30ClF3N2O/c36-33-26(11-10-18-30(33)35(37,38)39)23-42-22-25-19-20-32-31(21-25)40-24-41(32)34(27-12-4-1-5-13-27,28-14-6-2-7-15-28)29-16-8-3-9-17-29;36-33-26(11-10-18-30(33)35(37,38)39)23-42-22-25-19-20-31-32(21-25)41(24-40-31)34(27-12-4-1-5-13-27,28-14-6-2-7-15-28)29-16-8-3-9-17-29/h2*1-18,24-25H,19-23H2. The molecule has 0 fully saturated rings. The van der Waals surface area contributed by atoms with E-state index in [9.17, 15) is 26.3 Å². The van der Waals surface area contributed by atoms with E-state index in [0.29, 0.717) is 24.3 Å². The quantitative estimate of drug-likeness (QED) is 0.0715. The molecule has 0 amide bonds. The van der Waals surface area contributed by atoms with Gasteiger partial charge in [-0.25, -0.2) is 9.97 Å². The van der Waals surface area contributed by atoms with Gasteiger partial charge in [0.2, 0.25) is 0 Å². The van der Waals surface area contributed by atoms with Gasteiger partial charge in [-0.05, 0) is 107 Å². The number of aromatic nitrogens is 4. The Morgan fingerprint density at radius 2 is 0.726 bits per heavy atom. The average Bonchev–Trinajstić information content (AvgIpc) is 2.65. The van der Waals surface area contributed by atoms with E-state index in [1.54, 1.807) is 12.1 Å². The van der Waals surface area contributed by atoms with Crippen molar-refractivity contribution in [3.63, 3.8) is 0 Å². The zero-order chi connectivity index (χ0) is 58.3.